The van der Waals surface area contributed by atoms with Gasteiger partial charge in [-0.2, -0.15) is 0 Å². The number of hydrogen-bond acceptors (Lipinski definition) is 2. The molecule has 2 rings (SSSR count). The van der Waals surface area contributed by atoms with Crippen LogP contribution in [0.15, 0.2) is 54.6 Å². The summed E-state index contributed by atoms with van der Waals surface area (Å²) in [6.07, 6.45) is 1.75. The average molecular weight is 304 g/mol. The van der Waals surface area contributed by atoms with Crippen LogP contribution in [0.3, 0.4) is 0 Å². The maximum atomic E-state index is 9.56. The zero-order valence-electron chi connectivity index (χ0n) is 12.3. The van der Waals surface area contributed by atoms with Crippen LogP contribution in [0.4, 0.5) is 0 Å². The molecule has 0 bridgehead atoms. The number of aliphatic hydroxyl groups excluding tert-OH is 1. The lowest BCUT2D eigenvalue weighted by atomic mass is 10.0. The molecular weight excluding hydrogens is 282 g/mol. The molecule has 0 saturated heterocycles. The SMILES string of the molecule is CC(Cc1ccc(Cl)cc1)N[C@H](CO)Cc1ccccc1. The first-order valence-electron chi connectivity index (χ1n) is 7.32. The highest BCUT2D eigenvalue weighted by Gasteiger charge is 2.12. The second kappa shape index (κ2) is 8.18. The van der Waals surface area contributed by atoms with E-state index in [1.54, 1.807) is 0 Å². The Morgan fingerprint density at radius 1 is 0.952 bits per heavy atom. The van der Waals surface area contributed by atoms with E-state index in [0.29, 0.717) is 6.04 Å². The minimum Gasteiger partial charge on any atom is -0.395 e. The minimum atomic E-state index is 0.0784. The molecular formula is C18H22ClNO. The van der Waals surface area contributed by atoms with Crippen molar-refractivity contribution in [3.8, 4) is 0 Å². The number of nitrogens with one attached hydrogen (secondary N) is 1. The van der Waals surface area contributed by atoms with E-state index in [4.69, 9.17) is 11.6 Å². The topological polar surface area (TPSA) is 32.3 Å². The van der Waals surface area contributed by atoms with Crippen LogP contribution < -0.4 is 5.32 Å². The molecule has 0 spiro atoms. The second-order valence-corrected chi connectivity index (χ2v) is 5.90. The lowest BCUT2D eigenvalue weighted by Crippen LogP contribution is -2.41. The highest BCUT2D eigenvalue weighted by atomic mass is 35.5. The third-order valence-corrected chi connectivity index (χ3v) is 3.77. The molecule has 2 nitrogen and oxygen atoms in total. The number of halogens is 1. The van der Waals surface area contributed by atoms with Gasteiger partial charge in [-0.3, -0.25) is 0 Å². The Kier molecular flexibility index (Phi) is 6.24. The molecule has 0 aliphatic rings. The van der Waals surface area contributed by atoms with Crippen LogP contribution in [0.1, 0.15) is 18.1 Å². The first-order chi connectivity index (χ1) is 10.2. The second-order valence-electron chi connectivity index (χ2n) is 5.47. The van der Waals surface area contributed by atoms with E-state index in [2.05, 4.69) is 24.4 Å². The molecule has 1 unspecified atom stereocenters. The quantitative estimate of drug-likeness (QED) is 0.821. The number of aliphatic hydroxyl groups is 1. The fourth-order valence-corrected chi connectivity index (χ4v) is 2.64. The maximum Gasteiger partial charge on any atom is 0.0587 e. The van der Waals surface area contributed by atoms with Crippen LogP contribution in [0.2, 0.25) is 5.02 Å². The van der Waals surface area contributed by atoms with Gasteiger partial charge in [-0.15, -0.1) is 0 Å². The van der Waals surface area contributed by atoms with Crippen molar-refractivity contribution in [2.24, 2.45) is 0 Å². The molecule has 3 heteroatoms. The standard InChI is InChI=1S/C18H22ClNO/c1-14(11-16-7-9-17(19)10-8-16)20-18(13-21)12-15-5-3-2-4-6-15/h2-10,14,18,20-21H,11-13H2,1H3/t14?,18-/m0/s1. The van der Waals surface area contributed by atoms with Crippen molar-refractivity contribution in [1.82, 2.24) is 5.32 Å². The molecule has 2 aromatic rings. The van der Waals surface area contributed by atoms with Gasteiger partial charge in [0.25, 0.3) is 0 Å². The lowest BCUT2D eigenvalue weighted by Gasteiger charge is -2.22. The Bertz CT molecular complexity index is 527. The van der Waals surface area contributed by atoms with Gasteiger partial charge in [-0.1, -0.05) is 54.1 Å². The zero-order chi connectivity index (χ0) is 15.1. The Morgan fingerprint density at radius 2 is 1.57 bits per heavy atom. The fourth-order valence-electron chi connectivity index (χ4n) is 2.51. The van der Waals surface area contributed by atoms with E-state index in [9.17, 15) is 5.11 Å². The molecule has 0 radical (unpaired) electrons. The predicted molar refractivity (Wildman–Crippen MR) is 88.8 cm³/mol. The largest absolute Gasteiger partial charge is 0.395 e. The molecule has 112 valence electrons. The Balaban J connectivity index is 1.87. The van der Waals surface area contributed by atoms with E-state index >= 15 is 0 Å². The van der Waals surface area contributed by atoms with E-state index in [1.165, 1.54) is 11.1 Å². The third-order valence-electron chi connectivity index (χ3n) is 3.52. The molecule has 21 heavy (non-hydrogen) atoms. The monoisotopic (exact) mass is 303 g/mol. The van der Waals surface area contributed by atoms with Gasteiger partial charge < -0.3 is 10.4 Å². The van der Waals surface area contributed by atoms with Crippen molar-refractivity contribution >= 4 is 11.6 Å². The van der Waals surface area contributed by atoms with Crippen LogP contribution in [0, 0.1) is 0 Å². The normalized spacial score (nSPS) is 13.9. The summed E-state index contributed by atoms with van der Waals surface area (Å²) in [5.74, 6) is 0. The van der Waals surface area contributed by atoms with Crippen LogP contribution in [0.25, 0.3) is 0 Å². The van der Waals surface area contributed by atoms with Gasteiger partial charge >= 0.3 is 0 Å². The van der Waals surface area contributed by atoms with E-state index in [1.807, 2.05) is 42.5 Å². The first kappa shape index (κ1) is 16.0. The van der Waals surface area contributed by atoms with Crippen molar-refractivity contribution in [3.05, 3.63) is 70.7 Å². The van der Waals surface area contributed by atoms with E-state index < -0.39 is 0 Å². The average Bonchev–Trinajstić information content (AvgIpc) is 2.50. The number of rotatable bonds is 7. The van der Waals surface area contributed by atoms with Crippen molar-refractivity contribution in [3.63, 3.8) is 0 Å². The highest BCUT2D eigenvalue weighted by molar-refractivity contribution is 6.30. The highest BCUT2D eigenvalue weighted by Crippen LogP contribution is 2.11. The summed E-state index contributed by atoms with van der Waals surface area (Å²) in [5.41, 5.74) is 2.48. The summed E-state index contributed by atoms with van der Waals surface area (Å²) < 4.78 is 0. The number of benzene rings is 2. The number of hydrogen-bond donors (Lipinski definition) is 2. The van der Waals surface area contributed by atoms with Crippen LogP contribution >= 0.6 is 11.6 Å². The van der Waals surface area contributed by atoms with E-state index in [0.717, 1.165) is 17.9 Å². The predicted octanol–water partition coefficient (Wildman–Crippen LogP) is 3.46. The summed E-state index contributed by atoms with van der Waals surface area (Å²) in [6, 6.07) is 18.5. The van der Waals surface area contributed by atoms with Crippen LogP contribution in [-0.4, -0.2) is 23.8 Å². The van der Waals surface area contributed by atoms with Gasteiger partial charge in [0.1, 0.15) is 0 Å². The molecule has 0 aliphatic carbocycles. The summed E-state index contributed by atoms with van der Waals surface area (Å²) in [5, 5.41) is 13.8. The van der Waals surface area contributed by atoms with E-state index in [-0.39, 0.29) is 12.6 Å². The molecule has 0 aliphatic heterocycles. The first-order valence-corrected chi connectivity index (χ1v) is 7.70. The molecule has 2 N–H and O–H groups in total. The van der Waals surface area contributed by atoms with Crippen LogP contribution in [-0.2, 0) is 12.8 Å². The molecule has 0 amide bonds. The van der Waals surface area contributed by atoms with Gasteiger partial charge in [0.15, 0.2) is 0 Å². The van der Waals surface area contributed by atoms with Crippen molar-refractivity contribution in [2.75, 3.05) is 6.61 Å². The Morgan fingerprint density at radius 3 is 2.19 bits per heavy atom. The van der Waals surface area contributed by atoms with Crippen molar-refractivity contribution < 1.29 is 5.11 Å². The molecule has 2 aromatic carbocycles. The lowest BCUT2D eigenvalue weighted by molar-refractivity contribution is 0.232. The van der Waals surface area contributed by atoms with Crippen LogP contribution in [0.5, 0.6) is 0 Å². The minimum absolute atomic E-state index is 0.0784. The van der Waals surface area contributed by atoms with Gasteiger partial charge in [-0.25, -0.2) is 0 Å². The Labute approximate surface area is 131 Å². The smallest absolute Gasteiger partial charge is 0.0587 e. The van der Waals surface area contributed by atoms with Crippen molar-refractivity contribution in [1.29, 1.82) is 0 Å². The molecule has 0 aromatic heterocycles. The molecule has 0 heterocycles. The van der Waals surface area contributed by atoms with Crippen molar-refractivity contribution in [2.45, 2.75) is 31.8 Å². The Hall–Kier alpha value is -1.35. The summed E-state index contributed by atoms with van der Waals surface area (Å²) in [7, 11) is 0. The molecule has 0 fully saturated rings. The summed E-state index contributed by atoms with van der Waals surface area (Å²) >= 11 is 5.90. The summed E-state index contributed by atoms with van der Waals surface area (Å²) in [6.45, 7) is 2.28. The van der Waals surface area contributed by atoms with Gasteiger partial charge in [0.05, 0.1) is 6.61 Å². The zero-order valence-corrected chi connectivity index (χ0v) is 13.1. The van der Waals surface area contributed by atoms with Gasteiger partial charge in [0.2, 0.25) is 0 Å². The fraction of sp³-hybridized carbons (Fsp3) is 0.333. The third kappa shape index (κ3) is 5.50. The maximum absolute atomic E-state index is 9.56. The van der Waals surface area contributed by atoms with Gasteiger partial charge in [-0.05, 0) is 43.0 Å². The molecule has 0 saturated carbocycles. The summed E-state index contributed by atoms with van der Waals surface area (Å²) in [4.78, 5) is 0. The molecule has 2 atom stereocenters. The van der Waals surface area contributed by atoms with Gasteiger partial charge in [0, 0.05) is 17.1 Å².